The van der Waals surface area contributed by atoms with E-state index in [0.29, 0.717) is 6.54 Å². The second-order valence-corrected chi connectivity index (χ2v) is 7.45. The Morgan fingerprint density at radius 2 is 2.14 bits per heavy atom. The third-order valence-corrected chi connectivity index (χ3v) is 5.41. The summed E-state index contributed by atoms with van der Waals surface area (Å²) in [4.78, 5) is 12.2. The molecule has 0 spiro atoms. The van der Waals surface area contributed by atoms with Gasteiger partial charge in [0, 0.05) is 12.0 Å². The van der Waals surface area contributed by atoms with Crippen LogP contribution in [0.1, 0.15) is 43.2 Å². The van der Waals surface area contributed by atoms with E-state index in [2.05, 4.69) is 36.5 Å². The molecule has 0 bridgehead atoms. The Morgan fingerprint density at radius 1 is 1.41 bits per heavy atom. The molecule has 3 N–H and O–H groups in total. The van der Waals surface area contributed by atoms with Crippen molar-refractivity contribution in [1.82, 2.24) is 5.32 Å². The molecule has 0 unspecified atom stereocenters. The van der Waals surface area contributed by atoms with Crippen LogP contribution >= 0.6 is 11.8 Å². The normalized spacial score (nSPS) is 18.1. The highest BCUT2D eigenvalue weighted by atomic mass is 32.2. The van der Waals surface area contributed by atoms with Crippen LogP contribution in [0.15, 0.2) is 24.3 Å². The van der Waals surface area contributed by atoms with Crippen molar-refractivity contribution in [1.29, 1.82) is 0 Å². The van der Waals surface area contributed by atoms with Crippen molar-refractivity contribution in [3.8, 4) is 0 Å². The van der Waals surface area contributed by atoms with Crippen molar-refractivity contribution in [3.63, 3.8) is 0 Å². The summed E-state index contributed by atoms with van der Waals surface area (Å²) in [5.41, 5.74) is 8.71. The molecule has 0 heterocycles. The number of hydrogen-bond donors (Lipinski definition) is 2. The molecule has 2 rings (SSSR count). The van der Waals surface area contributed by atoms with Gasteiger partial charge in [0.05, 0.1) is 6.04 Å². The number of benzene rings is 1. The standard InChI is InChI=1S/C18H28N2OS/c1-14-6-5-7-15(12-14)18(9-3-4-10-18)13-20-17(21)16(19)8-11-22-2/h5-7,12,16H,3-4,8-11,13,19H2,1-2H3,(H,20,21)/t16-/m0/s1. The lowest BCUT2D eigenvalue weighted by molar-refractivity contribution is -0.122. The average molecular weight is 321 g/mol. The fourth-order valence-electron chi connectivity index (χ4n) is 3.36. The maximum absolute atomic E-state index is 12.2. The molecule has 122 valence electrons. The minimum Gasteiger partial charge on any atom is -0.354 e. The minimum atomic E-state index is -0.386. The van der Waals surface area contributed by atoms with Crippen LogP contribution in [-0.4, -0.2) is 30.5 Å². The number of aryl methyl sites for hydroxylation is 1. The molecule has 0 aliphatic heterocycles. The zero-order valence-corrected chi connectivity index (χ0v) is 14.5. The quantitative estimate of drug-likeness (QED) is 0.812. The van der Waals surface area contributed by atoms with Crippen LogP contribution in [0, 0.1) is 6.92 Å². The molecule has 1 atom stereocenters. The molecule has 1 aliphatic rings. The summed E-state index contributed by atoms with van der Waals surface area (Å²) in [6.45, 7) is 2.84. The lowest BCUT2D eigenvalue weighted by Gasteiger charge is -2.31. The van der Waals surface area contributed by atoms with Crippen LogP contribution in [0.5, 0.6) is 0 Å². The molecule has 1 saturated carbocycles. The molecular formula is C18H28N2OS. The summed E-state index contributed by atoms with van der Waals surface area (Å²) in [6, 6.07) is 8.34. The van der Waals surface area contributed by atoms with E-state index in [1.807, 2.05) is 6.26 Å². The molecule has 0 radical (unpaired) electrons. The molecule has 22 heavy (non-hydrogen) atoms. The van der Waals surface area contributed by atoms with Crippen molar-refractivity contribution in [2.45, 2.75) is 50.5 Å². The zero-order chi connectivity index (χ0) is 16.0. The van der Waals surface area contributed by atoms with Gasteiger partial charge in [-0.3, -0.25) is 4.79 Å². The highest BCUT2D eigenvalue weighted by Crippen LogP contribution is 2.40. The smallest absolute Gasteiger partial charge is 0.236 e. The van der Waals surface area contributed by atoms with E-state index in [0.717, 1.165) is 25.0 Å². The van der Waals surface area contributed by atoms with Crippen molar-refractivity contribution in [2.75, 3.05) is 18.6 Å². The van der Waals surface area contributed by atoms with Gasteiger partial charge in [0.25, 0.3) is 0 Å². The fraction of sp³-hybridized carbons (Fsp3) is 0.611. The lowest BCUT2D eigenvalue weighted by Crippen LogP contribution is -2.46. The summed E-state index contributed by atoms with van der Waals surface area (Å²) in [5, 5.41) is 3.12. The van der Waals surface area contributed by atoms with Gasteiger partial charge in [-0.1, -0.05) is 42.7 Å². The fourth-order valence-corrected chi connectivity index (χ4v) is 3.85. The van der Waals surface area contributed by atoms with Crippen molar-refractivity contribution < 1.29 is 4.79 Å². The first kappa shape index (κ1) is 17.4. The van der Waals surface area contributed by atoms with Gasteiger partial charge in [0.15, 0.2) is 0 Å². The summed E-state index contributed by atoms with van der Waals surface area (Å²) in [6.07, 6.45) is 7.55. The van der Waals surface area contributed by atoms with Gasteiger partial charge in [-0.05, 0) is 43.8 Å². The average Bonchev–Trinajstić information content (AvgIpc) is 3.00. The molecular weight excluding hydrogens is 292 g/mol. The second kappa shape index (κ2) is 8.02. The van der Waals surface area contributed by atoms with Crippen molar-refractivity contribution >= 4 is 17.7 Å². The molecule has 1 aromatic carbocycles. The van der Waals surface area contributed by atoms with Crippen LogP contribution in [0.3, 0.4) is 0 Å². The number of rotatable bonds is 7. The van der Waals surface area contributed by atoms with E-state index in [4.69, 9.17) is 5.73 Å². The first-order valence-electron chi connectivity index (χ1n) is 8.17. The van der Waals surface area contributed by atoms with Gasteiger partial charge in [-0.2, -0.15) is 11.8 Å². The summed E-state index contributed by atoms with van der Waals surface area (Å²) >= 11 is 1.73. The van der Waals surface area contributed by atoms with E-state index < -0.39 is 0 Å². The zero-order valence-electron chi connectivity index (χ0n) is 13.7. The number of amides is 1. The van der Waals surface area contributed by atoms with Crippen LogP contribution < -0.4 is 11.1 Å². The number of carbonyl (C=O) groups excluding carboxylic acids is 1. The number of nitrogens with one attached hydrogen (secondary N) is 1. The SMILES string of the molecule is CSCC[C@H](N)C(=O)NCC1(c2cccc(C)c2)CCCC1. The van der Waals surface area contributed by atoms with Crippen molar-refractivity contribution in [3.05, 3.63) is 35.4 Å². The molecule has 3 nitrogen and oxygen atoms in total. The van der Waals surface area contributed by atoms with Crippen LogP contribution in [0.25, 0.3) is 0 Å². The van der Waals surface area contributed by atoms with Crippen LogP contribution in [0.4, 0.5) is 0 Å². The van der Waals surface area contributed by atoms with E-state index in [-0.39, 0.29) is 17.4 Å². The molecule has 0 aromatic heterocycles. The summed E-state index contributed by atoms with van der Waals surface area (Å²) in [7, 11) is 0. The highest BCUT2D eigenvalue weighted by Gasteiger charge is 2.36. The lowest BCUT2D eigenvalue weighted by atomic mass is 9.78. The minimum absolute atomic E-state index is 0.00650. The summed E-state index contributed by atoms with van der Waals surface area (Å²) < 4.78 is 0. The maximum atomic E-state index is 12.2. The number of thioether (sulfide) groups is 1. The molecule has 1 aliphatic carbocycles. The Balaban J connectivity index is 2.02. The van der Waals surface area contributed by atoms with Gasteiger partial charge in [-0.25, -0.2) is 0 Å². The van der Waals surface area contributed by atoms with E-state index in [9.17, 15) is 4.79 Å². The van der Waals surface area contributed by atoms with E-state index in [1.165, 1.54) is 24.0 Å². The van der Waals surface area contributed by atoms with Gasteiger partial charge in [0.1, 0.15) is 0 Å². The predicted octanol–water partition coefficient (Wildman–Crippen LogP) is 3.00. The molecule has 1 fully saturated rings. The third kappa shape index (κ3) is 4.26. The van der Waals surface area contributed by atoms with E-state index in [1.54, 1.807) is 11.8 Å². The largest absolute Gasteiger partial charge is 0.354 e. The first-order valence-corrected chi connectivity index (χ1v) is 9.56. The topological polar surface area (TPSA) is 55.1 Å². The Morgan fingerprint density at radius 3 is 2.77 bits per heavy atom. The Kier molecular flexibility index (Phi) is 6.33. The number of hydrogen-bond acceptors (Lipinski definition) is 3. The Labute approximate surface area is 138 Å². The molecule has 4 heteroatoms. The maximum Gasteiger partial charge on any atom is 0.236 e. The number of nitrogens with two attached hydrogens (primary N) is 1. The Hall–Kier alpha value is -1.00. The van der Waals surface area contributed by atoms with Crippen LogP contribution in [0.2, 0.25) is 0 Å². The van der Waals surface area contributed by atoms with Crippen LogP contribution in [-0.2, 0) is 10.2 Å². The predicted molar refractivity (Wildman–Crippen MR) is 95.3 cm³/mol. The molecule has 0 saturated heterocycles. The first-order chi connectivity index (χ1) is 10.6. The number of carbonyl (C=O) groups is 1. The Bertz CT molecular complexity index is 498. The van der Waals surface area contributed by atoms with Crippen molar-refractivity contribution in [2.24, 2.45) is 5.73 Å². The highest BCUT2D eigenvalue weighted by molar-refractivity contribution is 7.98. The van der Waals surface area contributed by atoms with Gasteiger partial charge >= 0.3 is 0 Å². The molecule has 1 aromatic rings. The van der Waals surface area contributed by atoms with Gasteiger partial charge in [0.2, 0.25) is 5.91 Å². The van der Waals surface area contributed by atoms with Gasteiger partial charge in [-0.15, -0.1) is 0 Å². The second-order valence-electron chi connectivity index (χ2n) is 6.46. The van der Waals surface area contributed by atoms with E-state index >= 15 is 0 Å². The third-order valence-electron chi connectivity index (χ3n) is 4.76. The molecule has 1 amide bonds. The monoisotopic (exact) mass is 320 g/mol. The van der Waals surface area contributed by atoms with Gasteiger partial charge < -0.3 is 11.1 Å². The summed E-state index contributed by atoms with van der Waals surface area (Å²) in [5.74, 6) is 0.922.